The molecule has 2 heterocycles. The Morgan fingerprint density at radius 1 is 1.24 bits per heavy atom. The van der Waals surface area contributed by atoms with Crippen LogP contribution in [0.1, 0.15) is 41.7 Å². The molecule has 0 atom stereocenters. The minimum Gasteiger partial charge on any atom is -0.497 e. The number of carbonyl (C=O) groups is 2. The lowest BCUT2D eigenvalue weighted by Gasteiger charge is -2.15. The van der Waals surface area contributed by atoms with Crippen LogP contribution in [0.25, 0.3) is 0 Å². The van der Waals surface area contributed by atoms with Crippen molar-refractivity contribution in [2.75, 3.05) is 24.0 Å². The molecule has 1 aliphatic rings. The maximum atomic E-state index is 13.1. The molecule has 2 amide bonds. The second-order valence-electron chi connectivity index (χ2n) is 8.37. The van der Waals surface area contributed by atoms with Gasteiger partial charge in [0, 0.05) is 18.5 Å². The summed E-state index contributed by atoms with van der Waals surface area (Å²) in [4.78, 5) is 30.4. The number of nitrogens with zero attached hydrogens (tertiary/aromatic N) is 5. The molecule has 1 aromatic carbocycles. The second kappa shape index (κ2) is 11.5. The number of hydrogen-bond acceptors (Lipinski definition) is 11. The normalized spacial score (nSPS) is 14.0. The molecule has 2 aromatic heterocycles. The van der Waals surface area contributed by atoms with E-state index in [0.29, 0.717) is 32.1 Å². The number of tetrazole rings is 1. The first kappa shape index (κ1) is 27.0. The number of benzene rings is 1. The molecule has 1 saturated carbocycles. The van der Waals surface area contributed by atoms with Gasteiger partial charge in [0.25, 0.3) is 0 Å². The van der Waals surface area contributed by atoms with Gasteiger partial charge in [-0.25, -0.2) is 27.6 Å². The molecule has 198 valence electrons. The molecule has 1 aliphatic carbocycles. The highest BCUT2D eigenvalue weighted by atomic mass is 32.2. The van der Waals surface area contributed by atoms with Crippen LogP contribution in [0.3, 0.4) is 0 Å². The maximum absolute atomic E-state index is 13.1. The molecule has 3 N–H and O–H groups in total. The topological polar surface area (TPSA) is 170 Å². The van der Waals surface area contributed by atoms with Crippen LogP contribution in [0.2, 0.25) is 0 Å². The van der Waals surface area contributed by atoms with Crippen molar-refractivity contribution in [1.29, 1.82) is 0 Å². The van der Waals surface area contributed by atoms with Crippen LogP contribution in [0.15, 0.2) is 27.6 Å². The van der Waals surface area contributed by atoms with E-state index in [2.05, 4.69) is 35.9 Å². The number of urea groups is 1. The van der Waals surface area contributed by atoms with Gasteiger partial charge in [0.2, 0.25) is 15.2 Å². The van der Waals surface area contributed by atoms with Crippen molar-refractivity contribution in [3.8, 4) is 5.75 Å². The van der Waals surface area contributed by atoms with Gasteiger partial charge >= 0.3 is 6.03 Å². The molecule has 0 saturated heterocycles. The standard InChI is InChI=1S/C21H26N8O5S3/c1-29-21(26-27-28-29)36-18-16(11-22-37(3,32)33)24-20(35-18)25-19(31)23-15-9-8-13(34-2)10-14(15)17(30)12-6-4-5-7-12/h8-10,12,22H,4-7,11H2,1-3H3,(H2,23,24,25,31). The van der Waals surface area contributed by atoms with Crippen molar-refractivity contribution in [2.45, 2.75) is 41.6 Å². The third-order valence-electron chi connectivity index (χ3n) is 5.62. The molecule has 4 rings (SSSR count). The number of rotatable bonds is 10. The van der Waals surface area contributed by atoms with Crippen LogP contribution in [-0.2, 0) is 23.6 Å². The third kappa shape index (κ3) is 7.03. The Balaban J connectivity index is 1.53. The van der Waals surface area contributed by atoms with E-state index >= 15 is 0 Å². The molecule has 0 spiro atoms. The van der Waals surface area contributed by atoms with Crippen molar-refractivity contribution in [1.82, 2.24) is 29.9 Å². The lowest BCUT2D eigenvalue weighted by Crippen LogP contribution is -2.23. The summed E-state index contributed by atoms with van der Waals surface area (Å²) in [6.07, 6.45) is 4.72. The van der Waals surface area contributed by atoms with E-state index in [1.54, 1.807) is 25.2 Å². The van der Waals surface area contributed by atoms with Gasteiger partial charge in [0.05, 0.1) is 35.5 Å². The summed E-state index contributed by atoms with van der Waals surface area (Å²) in [5, 5.41) is 17.4. The molecule has 1 fully saturated rings. The molecule has 0 unspecified atom stereocenters. The van der Waals surface area contributed by atoms with Gasteiger partial charge in [-0.2, -0.15) is 0 Å². The van der Waals surface area contributed by atoms with E-state index in [0.717, 1.165) is 43.3 Å². The first-order valence-electron chi connectivity index (χ1n) is 11.3. The van der Waals surface area contributed by atoms with E-state index in [-0.39, 0.29) is 23.4 Å². The van der Waals surface area contributed by atoms with Gasteiger partial charge in [-0.15, -0.1) is 5.10 Å². The van der Waals surface area contributed by atoms with Crippen LogP contribution in [0.4, 0.5) is 15.6 Å². The predicted octanol–water partition coefficient (Wildman–Crippen LogP) is 2.89. The number of methoxy groups -OCH3 is 1. The Morgan fingerprint density at radius 3 is 2.65 bits per heavy atom. The number of nitrogens with one attached hydrogen (secondary N) is 3. The fourth-order valence-electron chi connectivity index (χ4n) is 3.79. The van der Waals surface area contributed by atoms with E-state index in [1.165, 1.54) is 23.6 Å². The number of aromatic nitrogens is 5. The molecular weight excluding hydrogens is 540 g/mol. The third-order valence-corrected chi connectivity index (χ3v) is 8.54. The van der Waals surface area contributed by atoms with Crippen molar-refractivity contribution in [3.05, 3.63) is 29.5 Å². The number of Topliss-reactive ketones (excluding diaryl/α,β-unsaturated/α-hetero) is 1. The first-order chi connectivity index (χ1) is 17.6. The van der Waals surface area contributed by atoms with Crippen molar-refractivity contribution in [3.63, 3.8) is 0 Å². The molecule has 13 nitrogen and oxygen atoms in total. The Morgan fingerprint density at radius 2 is 2.00 bits per heavy atom. The average molecular weight is 567 g/mol. The molecule has 37 heavy (non-hydrogen) atoms. The van der Waals surface area contributed by atoms with Gasteiger partial charge in [0.15, 0.2) is 10.9 Å². The minimum atomic E-state index is -3.47. The van der Waals surface area contributed by atoms with E-state index in [9.17, 15) is 18.0 Å². The summed E-state index contributed by atoms with van der Waals surface area (Å²) < 4.78 is 33.0. The zero-order valence-corrected chi connectivity index (χ0v) is 22.8. The number of sulfonamides is 1. The highest BCUT2D eigenvalue weighted by Gasteiger charge is 2.27. The highest BCUT2D eigenvalue weighted by Crippen LogP contribution is 2.36. The number of hydrogen-bond donors (Lipinski definition) is 3. The molecule has 0 aliphatic heterocycles. The van der Waals surface area contributed by atoms with Crippen molar-refractivity contribution in [2.24, 2.45) is 13.0 Å². The predicted molar refractivity (Wildman–Crippen MR) is 139 cm³/mol. The largest absolute Gasteiger partial charge is 0.497 e. The van der Waals surface area contributed by atoms with Gasteiger partial charge in [-0.3, -0.25) is 10.1 Å². The fraction of sp³-hybridized carbons (Fsp3) is 0.429. The number of amides is 2. The SMILES string of the molecule is COc1ccc(NC(=O)Nc2nc(CNS(C)(=O)=O)c(Sc3nnnn3C)s2)c(C(=O)C2CCCC2)c1. The summed E-state index contributed by atoms with van der Waals surface area (Å²) in [6, 6.07) is 4.34. The fourth-order valence-corrected chi connectivity index (χ4v) is 6.18. The first-order valence-corrected chi connectivity index (χ1v) is 14.8. The van der Waals surface area contributed by atoms with E-state index < -0.39 is 16.1 Å². The minimum absolute atomic E-state index is 0.0222. The summed E-state index contributed by atoms with van der Waals surface area (Å²) in [5.41, 5.74) is 1.16. The van der Waals surface area contributed by atoms with Crippen LogP contribution < -0.4 is 20.1 Å². The van der Waals surface area contributed by atoms with Gasteiger partial charge in [-0.1, -0.05) is 24.2 Å². The number of ketones is 1. The Kier molecular flexibility index (Phi) is 8.41. The number of anilines is 2. The molecular formula is C21H26N8O5S3. The van der Waals surface area contributed by atoms with Crippen molar-refractivity contribution < 1.29 is 22.7 Å². The number of thiazole rings is 1. The van der Waals surface area contributed by atoms with Gasteiger partial charge in [-0.05, 0) is 53.2 Å². The zero-order chi connectivity index (χ0) is 26.6. The van der Waals surface area contributed by atoms with E-state index in [4.69, 9.17) is 4.74 Å². The smallest absolute Gasteiger partial charge is 0.325 e. The van der Waals surface area contributed by atoms with Crippen LogP contribution in [-0.4, -0.2) is 58.8 Å². The summed E-state index contributed by atoms with van der Waals surface area (Å²) >= 11 is 2.33. The number of carbonyl (C=O) groups excluding carboxylic acids is 2. The summed E-state index contributed by atoms with van der Waals surface area (Å²) in [5.74, 6) is 0.426. The lowest BCUT2D eigenvalue weighted by atomic mass is 9.95. The van der Waals surface area contributed by atoms with Gasteiger partial charge < -0.3 is 10.1 Å². The van der Waals surface area contributed by atoms with Crippen LogP contribution in [0, 0.1) is 5.92 Å². The monoisotopic (exact) mass is 566 g/mol. The molecule has 0 radical (unpaired) electrons. The van der Waals surface area contributed by atoms with Gasteiger partial charge in [0.1, 0.15) is 5.75 Å². The summed E-state index contributed by atoms with van der Waals surface area (Å²) in [7, 11) is -0.283. The average Bonchev–Trinajstić information content (AvgIpc) is 3.60. The van der Waals surface area contributed by atoms with E-state index in [1.807, 2.05) is 0 Å². The molecule has 0 bridgehead atoms. The lowest BCUT2D eigenvalue weighted by molar-refractivity contribution is 0.0923. The maximum Gasteiger partial charge on any atom is 0.325 e. The molecule has 3 aromatic rings. The Hall–Kier alpha value is -3.08. The highest BCUT2D eigenvalue weighted by molar-refractivity contribution is 8.01. The summed E-state index contributed by atoms with van der Waals surface area (Å²) in [6.45, 7) is -0.0786. The number of aryl methyl sites for hydroxylation is 1. The van der Waals surface area contributed by atoms with Crippen molar-refractivity contribution >= 4 is 55.8 Å². The number of ether oxygens (including phenoxy) is 1. The zero-order valence-electron chi connectivity index (χ0n) is 20.3. The Labute approximate surface area is 221 Å². The Bertz CT molecular complexity index is 1400. The van der Waals surface area contributed by atoms with Crippen LogP contribution >= 0.6 is 23.1 Å². The quantitative estimate of drug-likeness (QED) is 0.310. The molecule has 16 heteroatoms. The second-order valence-corrected chi connectivity index (χ2v) is 12.4. The van der Waals surface area contributed by atoms with Crippen LogP contribution in [0.5, 0.6) is 5.75 Å².